The third-order valence-electron chi connectivity index (χ3n) is 3.09. The van der Waals surface area contributed by atoms with Crippen molar-refractivity contribution in [3.05, 3.63) is 23.4 Å². The molecule has 1 aromatic heterocycles. The van der Waals surface area contributed by atoms with E-state index in [9.17, 15) is 13.2 Å². The van der Waals surface area contributed by atoms with Crippen molar-refractivity contribution in [1.29, 1.82) is 0 Å². The zero-order valence-electron chi connectivity index (χ0n) is 10.7. The SMILES string of the molecule is Cc1cnc(N)c(C(=O)CC2CS(=O)(=O)CCN2)c1. The van der Waals surface area contributed by atoms with Crippen LogP contribution in [0.15, 0.2) is 12.3 Å². The number of nitrogens with one attached hydrogen (secondary N) is 1. The number of carbonyl (C=O) groups is 1. The zero-order chi connectivity index (χ0) is 14.0. The number of pyridine rings is 1. The summed E-state index contributed by atoms with van der Waals surface area (Å²) in [5.74, 6) is 0.140. The predicted molar refractivity (Wildman–Crippen MR) is 72.8 cm³/mol. The van der Waals surface area contributed by atoms with E-state index in [1.165, 1.54) is 0 Å². The molecule has 0 bridgehead atoms. The lowest BCUT2D eigenvalue weighted by Gasteiger charge is -2.23. The number of sulfone groups is 1. The van der Waals surface area contributed by atoms with Crippen LogP contribution in [-0.2, 0) is 9.84 Å². The van der Waals surface area contributed by atoms with Crippen molar-refractivity contribution in [2.45, 2.75) is 19.4 Å². The molecule has 2 heterocycles. The number of ketones is 1. The van der Waals surface area contributed by atoms with E-state index in [1.54, 1.807) is 12.3 Å². The molecular formula is C12H17N3O3S. The van der Waals surface area contributed by atoms with E-state index >= 15 is 0 Å². The Morgan fingerprint density at radius 1 is 1.58 bits per heavy atom. The van der Waals surface area contributed by atoms with Crippen LogP contribution in [0.4, 0.5) is 5.82 Å². The maximum atomic E-state index is 12.1. The Morgan fingerprint density at radius 3 is 3.00 bits per heavy atom. The minimum Gasteiger partial charge on any atom is -0.383 e. The van der Waals surface area contributed by atoms with E-state index < -0.39 is 9.84 Å². The molecule has 3 N–H and O–H groups in total. The predicted octanol–water partition coefficient (Wildman–Crippen LogP) is -0.0684. The summed E-state index contributed by atoms with van der Waals surface area (Å²) in [4.78, 5) is 16.1. The van der Waals surface area contributed by atoms with Gasteiger partial charge in [-0.2, -0.15) is 0 Å². The Bertz CT molecular complexity index is 598. The normalized spacial score (nSPS) is 22.1. The molecule has 1 atom stereocenters. The number of nitrogen functional groups attached to an aromatic ring is 1. The van der Waals surface area contributed by atoms with Crippen LogP contribution >= 0.6 is 0 Å². The second-order valence-corrected chi connectivity index (χ2v) is 7.07. The van der Waals surface area contributed by atoms with Crippen molar-refractivity contribution in [2.75, 3.05) is 23.8 Å². The van der Waals surface area contributed by atoms with Crippen LogP contribution in [0.2, 0.25) is 0 Å². The number of Topliss-reactive ketones (excluding diaryl/α,β-unsaturated/α-hetero) is 1. The van der Waals surface area contributed by atoms with E-state index in [2.05, 4.69) is 10.3 Å². The molecule has 0 radical (unpaired) electrons. The standard InChI is InChI=1S/C12H17N3O3S/c1-8-4-10(12(13)15-6-8)11(16)5-9-7-19(17,18)3-2-14-9/h4,6,9,14H,2-3,5,7H2,1H3,(H2,13,15). The summed E-state index contributed by atoms with van der Waals surface area (Å²) in [5.41, 5.74) is 6.89. The van der Waals surface area contributed by atoms with E-state index in [0.29, 0.717) is 12.1 Å². The van der Waals surface area contributed by atoms with Gasteiger partial charge in [0.1, 0.15) is 5.82 Å². The third-order valence-corrected chi connectivity index (χ3v) is 4.83. The molecule has 1 saturated heterocycles. The molecule has 0 aliphatic carbocycles. The molecule has 7 heteroatoms. The van der Waals surface area contributed by atoms with E-state index in [4.69, 9.17) is 5.73 Å². The number of carbonyl (C=O) groups excluding carboxylic acids is 1. The fourth-order valence-corrected chi connectivity index (χ4v) is 3.58. The first kappa shape index (κ1) is 14.0. The van der Waals surface area contributed by atoms with Crippen molar-refractivity contribution in [2.24, 2.45) is 0 Å². The Labute approximate surface area is 112 Å². The van der Waals surface area contributed by atoms with Crippen LogP contribution in [0.3, 0.4) is 0 Å². The topological polar surface area (TPSA) is 102 Å². The highest BCUT2D eigenvalue weighted by Gasteiger charge is 2.26. The lowest BCUT2D eigenvalue weighted by molar-refractivity contribution is 0.0972. The maximum Gasteiger partial charge on any atom is 0.168 e. The number of aromatic nitrogens is 1. The monoisotopic (exact) mass is 283 g/mol. The number of nitrogens with zero attached hydrogens (tertiary/aromatic N) is 1. The molecule has 1 aliphatic heterocycles. The van der Waals surface area contributed by atoms with Gasteiger partial charge in [0.15, 0.2) is 15.6 Å². The van der Waals surface area contributed by atoms with Crippen LogP contribution in [0.5, 0.6) is 0 Å². The average Bonchev–Trinajstić information content (AvgIpc) is 2.31. The highest BCUT2D eigenvalue weighted by molar-refractivity contribution is 7.91. The van der Waals surface area contributed by atoms with Gasteiger partial charge in [0, 0.05) is 25.2 Å². The number of hydrogen-bond donors (Lipinski definition) is 2. The lowest BCUT2D eigenvalue weighted by atomic mass is 10.0. The minimum atomic E-state index is -3.04. The van der Waals surface area contributed by atoms with Crippen molar-refractivity contribution in [1.82, 2.24) is 10.3 Å². The molecule has 0 saturated carbocycles. The van der Waals surface area contributed by atoms with Gasteiger partial charge in [0.05, 0.1) is 17.1 Å². The van der Waals surface area contributed by atoms with E-state index in [0.717, 1.165) is 5.56 Å². The number of nitrogens with two attached hydrogens (primary N) is 1. The van der Waals surface area contributed by atoms with Gasteiger partial charge < -0.3 is 11.1 Å². The highest BCUT2D eigenvalue weighted by Crippen LogP contribution is 2.15. The molecule has 0 spiro atoms. The van der Waals surface area contributed by atoms with Crippen LogP contribution in [0.25, 0.3) is 0 Å². The summed E-state index contributed by atoms with van der Waals surface area (Å²) < 4.78 is 23.0. The summed E-state index contributed by atoms with van der Waals surface area (Å²) in [6.45, 7) is 2.22. The number of aryl methyl sites for hydroxylation is 1. The van der Waals surface area contributed by atoms with Crippen molar-refractivity contribution in [3.8, 4) is 0 Å². The molecule has 1 fully saturated rings. The highest BCUT2D eigenvalue weighted by atomic mass is 32.2. The first-order valence-corrected chi connectivity index (χ1v) is 7.88. The molecule has 104 valence electrons. The molecular weight excluding hydrogens is 266 g/mol. The van der Waals surface area contributed by atoms with Gasteiger partial charge >= 0.3 is 0 Å². The fourth-order valence-electron chi connectivity index (χ4n) is 2.14. The summed E-state index contributed by atoms with van der Waals surface area (Å²) in [6, 6.07) is 1.34. The van der Waals surface area contributed by atoms with Gasteiger partial charge in [-0.25, -0.2) is 13.4 Å². The van der Waals surface area contributed by atoms with E-state index in [1.807, 2.05) is 6.92 Å². The van der Waals surface area contributed by atoms with Crippen molar-refractivity contribution in [3.63, 3.8) is 0 Å². The van der Waals surface area contributed by atoms with E-state index in [-0.39, 0.29) is 35.6 Å². The minimum absolute atomic E-state index is 0.00209. The second kappa shape index (κ2) is 5.26. The number of anilines is 1. The Morgan fingerprint density at radius 2 is 2.32 bits per heavy atom. The molecule has 1 unspecified atom stereocenters. The first-order valence-electron chi connectivity index (χ1n) is 6.06. The molecule has 6 nitrogen and oxygen atoms in total. The second-order valence-electron chi connectivity index (χ2n) is 4.84. The molecule has 19 heavy (non-hydrogen) atoms. The first-order chi connectivity index (χ1) is 8.87. The number of rotatable bonds is 3. The van der Waals surface area contributed by atoms with Gasteiger partial charge in [0.25, 0.3) is 0 Å². The summed E-state index contributed by atoms with van der Waals surface area (Å²) in [6.07, 6.45) is 1.71. The summed E-state index contributed by atoms with van der Waals surface area (Å²) in [5, 5.41) is 3.05. The molecule has 0 amide bonds. The van der Waals surface area contributed by atoms with Gasteiger partial charge in [-0.05, 0) is 18.6 Å². The molecule has 0 aromatic carbocycles. The molecule has 1 aromatic rings. The Balaban J connectivity index is 2.11. The van der Waals surface area contributed by atoms with Gasteiger partial charge in [-0.1, -0.05) is 0 Å². The Hall–Kier alpha value is -1.47. The van der Waals surface area contributed by atoms with Crippen molar-refractivity contribution >= 4 is 21.4 Å². The molecule has 1 aliphatic rings. The molecule has 2 rings (SSSR count). The summed E-state index contributed by atoms with van der Waals surface area (Å²) >= 11 is 0. The van der Waals surface area contributed by atoms with Crippen LogP contribution in [0, 0.1) is 6.92 Å². The largest absolute Gasteiger partial charge is 0.383 e. The Kier molecular flexibility index (Phi) is 3.86. The third kappa shape index (κ3) is 3.51. The van der Waals surface area contributed by atoms with Crippen LogP contribution in [-0.4, -0.2) is 43.3 Å². The quantitative estimate of drug-likeness (QED) is 0.753. The van der Waals surface area contributed by atoms with Crippen LogP contribution < -0.4 is 11.1 Å². The average molecular weight is 283 g/mol. The lowest BCUT2D eigenvalue weighted by Crippen LogP contribution is -2.46. The zero-order valence-corrected chi connectivity index (χ0v) is 11.5. The van der Waals surface area contributed by atoms with Crippen molar-refractivity contribution < 1.29 is 13.2 Å². The fraction of sp³-hybridized carbons (Fsp3) is 0.500. The smallest absolute Gasteiger partial charge is 0.168 e. The van der Waals surface area contributed by atoms with Crippen LogP contribution in [0.1, 0.15) is 22.3 Å². The van der Waals surface area contributed by atoms with Gasteiger partial charge in [-0.3, -0.25) is 4.79 Å². The van der Waals surface area contributed by atoms with Gasteiger partial charge in [0.2, 0.25) is 0 Å². The van der Waals surface area contributed by atoms with Gasteiger partial charge in [-0.15, -0.1) is 0 Å². The summed E-state index contributed by atoms with van der Waals surface area (Å²) in [7, 11) is -3.04. The maximum absolute atomic E-state index is 12.1. The number of hydrogen-bond acceptors (Lipinski definition) is 6.